The topological polar surface area (TPSA) is 0 Å². The third-order valence-electron chi connectivity index (χ3n) is 5.44. The van der Waals surface area contributed by atoms with Crippen molar-refractivity contribution < 1.29 is 21.4 Å². The van der Waals surface area contributed by atoms with Gasteiger partial charge in [-0.05, 0) is 0 Å². The Hall–Kier alpha value is -1.21. The van der Waals surface area contributed by atoms with Crippen molar-refractivity contribution in [1.82, 2.24) is 0 Å². The van der Waals surface area contributed by atoms with Crippen molar-refractivity contribution in [2.45, 2.75) is 32.3 Å². The molecule has 2 aliphatic carbocycles. The van der Waals surface area contributed by atoms with Gasteiger partial charge < -0.3 is 0 Å². The van der Waals surface area contributed by atoms with Crippen LogP contribution in [0, 0.1) is 0 Å². The first-order valence-electron chi connectivity index (χ1n) is 8.60. The number of fused-ring (bicyclic) bond motifs is 2. The quantitative estimate of drug-likeness (QED) is 0.463. The van der Waals surface area contributed by atoms with Crippen LogP contribution in [0.2, 0.25) is 4.18 Å². The van der Waals surface area contributed by atoms with E-state index >= 15 is 0 Å². The average molecular weight is 466 g/mol. The molecule has 0 amide bonds. The number of benzene rings is 2. The molecule has 2 aromatic rings. The van der Waals surface area contributed by atoms with Gasteiger partial charge in [-0.1, -0.05) is 0 Å². The summed E-state index contributed by atoms with van der Waals surface area (Å²) in [5, 5.41) is 0. The van der Waals surface area contributed by atoms with Gasteiger partial charge >= 0.3 is 148 Å². The number of rotatable bonds is 3. The van der Waals surface area contributed by atoms with Gasteiger partial charge in [0.15, 0.2) is 0 Å². The van der Waals surface area contributed by atoms with Gasteiger partial charge in [0.25, 0.3) is 0 Å². The summed E-state index contributed by atoms with van der Waals surface area (Å²) in [4.78, 5) is 0. The molecule has 2 aliphatic rings. The molecule has 0 spiro atoms. The van der Waals surface area contributed by atoms with E-state index in [1.165, 1.54) is 15.3 Å². The summed E-state index contributed by atoms with van der Waals surface area (Å²) in [6.07, 6.45) is 4.89. The minimum atomic E-state index is -1.94. The molecule has 2 atom stereocenters. The van der Waals surface area contributed by atoms with E-state index in [1.807, 2.05) is 0 Å². The van der Waals surface area contributed by atoms with Gasteiger partial charge in [0.05, 0.1) is 0 Å². The Kier molecular flexibility index (Phi) is 4.01. The Morgan fingerprint density at radius 3 is 1.61 bits per heavy atom. The van der Waals surface area contributed by atoms with Crippen LogP contribution in [0.5, 0.6) is 0 Å². The fourth-order valence-electron chi connectivity index (χ4n) is 4.52. The van der Waals surface area contributed by atoms with Gasteiger partial charge in [-0.2, -0.15) is 0 Å². The van der Waals surface area contributed by atoms with Crippen molar-refractivity contribution >= 4 is 12.2 Å². The summed E-state index contributed by atoms with van der Waals surface area (Å²) >= 11 is -1.94. The maximum absolute atomic E-state index is 2.45. The summed E-state index contributed by atoms with van der Waals surface area (Å²) in [6, 6.07) is 18.2. The second-order valence-electron chi connectivity index (χ2n) is 6.83. The first kappa shape index (κ1) is 15.3. The van der Waals surface area contributed by atoms with Crippen LogP contribution in [0.15, 0.2) is 59.7 Å². The first-order chi connectivity index (χ1) is 11.2. The SMILES string of the molecule is C[CH2][Hf]([CH]1C(C)=Cc2ccccc21)[CH]1C(C)=Cc2ccccc21. The number of allylic oxidation sites excluding steroid dienone is 2. The van der Waals surface area contributed by atoms with E-state index in [2.05, 4.69) is 81.5 Å². The summed E-state index contributed by atoms with van der Waals surface area (Å²) in [6.45, 7) is 7.18. The Balaban J connectivity index is 1.79. The van der Waals surface area contributed by atoms with Gasteiger partial charge in [0.2, 0.25) is 0 Å². The van der Waals surface area contributed by atoms with E-state index in [-0.39, 0.29) is 0 Å². The molecular weight excluding hydrogens is 443 g/mol. The molecule has 0 fully saturated rings. The van der Waals surface area contributed by atoms with Crippen LogP contribution in [0.1, 0.15) is 50.4 Å². The van der Waals surface area contributed by atoms with Crippen LogP contribution in [-0.2, 0) is 21.4 Å². The minimum absolute atomic E-state index is 0.765. The Bertz CT molecular complexity index is 745. The second kappa shape index (κ2) is 6.02. The van der Waals surface area contributed by atoms with E-state index in [9.17, 15) is 0 Å². The molecule has 115 valence electrons. The Morgan fingerprint density at radius 2 is 1.17 bits per heavy atom. The van der Waals surface area contributed by atoms with Crippen molar-refractivity contribution in [3.8, 4) is 0 Å². The molecule has 4 rings (SSSR count). The molecular formula is C22H23Hf. The van der Waals surface area contributed by atoms with Crippen molar-refractivity contribution in [3.05, 3.63) is 81.9 Å². The van der Waals surface area contributed by atoms with Gasteiger partial charge in [-0.25, -0.2) is 0 Å². The van der Waals surface area contributed by atoms with E-state index in [0.29, 0.717) is 0 Å². The Labute approximate surface area is 147 Å². The molecule has 23 heavy (non-hydrogen) atoms. The standard InChI is InChI=1S/2C10H9.C2H5.Hf/c2*1-8-6-9-4-2-3-5-10(9)7-8;1-2;/h2*2-7H,1H3;1H2,2H3;. The molecule has 2 unspecified atom stereocenters. The predicted octanol–water partition coefficient (Wildman–Crippen LogP) is 6.36. The van der Waals surface area contributed by atoms with Crippen LogP contribution in [0.3, 0.4) is 0 Å². The van der Waals surface area contributed by atoms with Crippen LogP contribution >= 0.6 is 0 Å². The molecule has 0 nitrogen and oxygen atoms in total. The summed E-state index contributed by atoms with van der Waals surface area (Å²) in [5.41, 5.74) is 9.41. The van der Waals surface area contributed by atoms with Gasteiger partial charge in [0.1, 0.15) is 0 Å². The number of hydrogen-bond donors (Lipinski definition) is 0. The van der Waals surface area contributed by atoms with Crippen molar-refractivity contribution in [3.63, 3.8) is 0 Å². The zero-order valence-electron chi connectivity index (χ0n) is 14.1. The molecule has 2 aromatic carbocycles. The molecule has 0 radical (unpaired) electrons. The summed E-state index contributed by atoms with van der Waals surface area (Å²) in [5.74, 6) is 0. The van der Waals surface area contributed by atoms with Crippen molar-refractivity contribution in [2.75, 3.05) is 0 Å². The summed E-state index contributed by atoms with van der Waals surface area (Å²) in [7, 11) is 0. The van der Waals surface area contributed by atoms with Crippen molar-refractivity contribution in [2.24, 2.45) is 0 Å². The van der Waals surface area contributed by atoms with Crippen molar-refractivity contribution in [1.29, 1.82) is 0 Å². The zero-order valence-corrected chi connectivity index (χ0v) is 17.7. The molecule has 0 aromatic heterocycles. The average Bonchev–Trinajstić information content (AvgIpc) is 3.06. The second-order valence-corrected chi connectivity index (χ2v) is 17.6. The molecule has 0 heterocycles. The summed E-state index contributed by atoms with van der Waals surface area (Å²) < 4.78 is 2.94. The molecule has 0 saturated heterocycles. The predicted molar refractivity (Wildman–Crippen MR) is 96.1 cm³/mol. The normalized spacial score (nSPS) is 21.5. The van der Waals surface area contributed by atoms with Gasteiger partial charge in [0, 0.05) is 0 Å². The van der Waals surface area contributed by atoms with E-state index in [0.717, 1.165) is 7.35 Å². The first-order valence-corrected chi connectivity index (χ1v) is 15.3. The van der Waals surface area contributed by atoms with E-state index in [1.54, 1.807) is 22.3 Å². The molecule has 0 saturated carbocycles. The zero-order chi connectivity index (χ0) is 16.0. The van der Waals surface area contributed by atoms with Crippen LogP contribution in [-0.4, -0.2) is 0 Å². The third-order valence-corrected chi connectivity index (χ3v) is 19.2. The third kappa shape index (κ3) is 2.45. The van der Waals surface area contributed by atoms with Crippen LogP contribution in [0.25, 0.3) is 12.2 Å². The van der Waals surface area contributed by atoms with E-state index in [4.69, 9.17) is 0 Å². The van der Waals surface area contributed by atoms with Crippen LogP contribution < -0.4 is 0 Å². The fraction of sp³-hybridized carbons (Fsp3) is 0.273. The maximum atomic E-state index is 2.45. The number of hydrogen-bond acceptors (Lipinski definition) is 0. The Morgan fingerprint density at radius 1 is 0.739 bits per heavy atom. The molecule has 0 aliphatic heterocycles. The van der Waals surface area contributed by atoms with E-state index < -0.39 is 21.4 Å². The molecule has 0 N–H and O–H groups in total. The molecule has 1 heteroatoms. The van der Waals surface area contributed by atoms with Gasteiger partial charge in [-0.3, -0.25) is 0 Å². The van der Waals surface area contributed by atoms with Crippen LogP contribution in [0.4, 0.5) is 0 Å². The molecule has 0 bridgehead atoms. The fourth-order valence-corrected chi connectivity index (χ4v) is 18.2. The monoisotopic (exact) mass is 467 g/mol. The van der Waals surface area contributed by atoms with Gasteiger partial charge in [-0.15, -0.1) is 0 Å².